The molecule has 0 saturated heterocycles. The van der Waals surface area contributed by atoms with Crippen LogP contribution >= 0.6 is 0 Å². The van der Waals surface area contributed by atoms with Crippen molar-refractivity contribution in [3.8, 4) is 0 Å². The quantitative estimate of drug-likeness (QED) is 0.894. The van der Waals surface area contributed by atoms with Gasteiger partial charge in [-0.05, 0) is 75.3 Å². The van der Waals surface area contributed by atoms with Crippen molar-refractivity contribution in [3.05, 3.63) is 35.4 Å². The summed E-state index contributed by atoms with van der Waals surface area (Å²) in [5.41, 5.74) is 1.66. The van der Waals surface area contributed by atoms with E-state index in [1.165, 1.54) is 19.3 Å². The minimum atomic E-state index is -0.181. The Kier molecular flexibility index (Phi) is 3.86. The zero-order valence-electron chi connectivity index (χ0n) is 14.3. The molecule has 24 heavy (non-hydrogen) atoms. The first kappa shape index (κ1) is 15.7. The van der Waals surface area contributed by atoms with Crippen LogP contribution in [0.2, 0.25) is 0 Å². The summed E-state index contributed by atoms with van der Waals surface area (Å²) < 4.78 is 0. The van der Waals surface area contributed by atoms with Gasteiger partial charge in [-0.3, -0.25) is 9.59 Å². The molecule has 4 nitrogen and oxygen atoms in total. The lowest BCUT2D eigenvalue weighted by Gasteiger charge is -2.56. The molecule has 4 aliphatic rings. The molecule has 4 bridgehead atoms. The van der Waals surface area contributed by atoms with Gasteiger partial charge in [-0.1, -0.05) is 17.7 Å². The second kappa shape index (κ2) is 5.91. The third-order valence-electron chi connectivity index (χ3n) is 6.13. The molecule has 4 fully saturated rings. The Morgan fingerprint density at radius 2 is 1.71 bits per heavy atom. The Labute approximate surface area is 143 Å². The highest BCUT2D eigenvalue weighted by Gasteiger charge is 2.51. The van der Waals surface area contributed by atoms with Gasteiger partial charge in [0, 0.05) is 11.1 Å². The molecule has 0 aromatic heterocycles. The summed E-state index contributed by atoms with van der Waals surface area (Å²) in [5.74, 6) is 2.19. The maximum absolute atomic E-state index is 12.4. The molecule has 0 spiro atoms. The molecule has 0 atom stereocenters. The predicted molar refractivity (Wildman–Crippen MR) is 92.6 cm³/mol. The SMILES string of the molecule is Cc1cccc(C(=O)NCC(=O)NC23CC4CC(CC(C4)C2)C3)c1. The van der Waals surface area contributed by atoms with Crippen molar-refractivity contribution in [2.75, 3.05) is 6.54 Å². The van der Waals surface area contributed by atoms with Crippen LogP contribution in [0.25, 0.3) is 0 Å². The smallest absolute Gasteiger partial charge is 0.251 e. The first-order valence-electron chi connectivity index (χ1n) is 9.17. The number of aryl methyl sites for hydroxylation is 1. The van der Waals surface area contributed by atoms with Gasteiger partial charge in [0.2, 0.25) is 5.91 Å². The van der Waals surface area contributed by atoms with E-state index in [1.807, 2.05) is 25.1 Å². The van der Waals surface area contributed by atoms with Crippen LogP contribution in [0.15, 0.2) is 24.3 Å². The summed E-state index contributed by atoms with van der Waals surface area (Å²) in [6.45, 7) is 2.02. The fraction of sp³-hybridized carbons (Fsp3) is 0.600. The number of carbonyl (C=O) groups is 2. The van der Waals surface area contributed by atoms with Gasteiger partial charge >= 0.3 is 0 Å². The third kappa shape index (κ3) is 3.06. The van der Waals surface area contributed by atoms with Crippen LogP contribution in [-0.4, -0.2) is 23.9 Å². The van der Waals surface area contributed by atoms with E-state index < -0.39 is 0 Å². The zero-order valence-corrected chi connectivity index (χ0v) is 14.3. The number of benzene rings is 1. The molecule has 2 N–H and O–H groups in total. The molecule has 4 heteroatoms. The summed E-state index contributed by atoms with van der Waals surface area (Å²) in [6.07, 6.45) is 7.49. The summed E-state index contributed by atoms with van der Waals surface area (Å²) in [4.78, 5) is 24.6. The minimum Gasteiger partial charge on any atom is -0.349 e. The van der Waals surface area contributed by atoms with Crippen molar-refractivity contribution < 1.29 is 9.59 Å². The van der Waals surface area contributed by atoms with Gasteiger partial charge in [-0.15, -0.1) is 0 Å². The van der Waals surface area contributed by atoms with E-state index in [9.17, 15) is 9.59 Å². The number of rotatable bonds is 4. The van der Waals surface area contributed by atoms with Crippen LogP contribution in [0.3, 0.4) is 0 Å². The Hall–Kier alpha value is -1.84. The van der Waals surface area contributed by atoms with Gasteiger partial charge in [0.25, 0.3) is 5.91 Å². The number of nitrogens with one attached hydrogen (secondary N) is 2. The van der Waals surface area contributed by atoms with Gasteiger partial charge in [0.15, 0.2) is 0 Å². The van der Waals surface area contributed by atoms with E-state index in [-0.39, 0.29) is 23.9 Å². The van der Waals surface area contributed by atoms with Crippen molar-refractivity contribution in [2.45, 2.75) is 51.0 Å². The van der Waals surface area contributed by atoms with Crippen molar-refractivity contribution in [1.82, 2.24) is 10.6 Å². The van der Waals surface area contributed by atoms with E-state index in [1.54, 1.807) is 6.07 Å². The predicted octanol–water partition coefficient (Wildman–Crippen LogP) is 2.81. The normalized spacial score (nSPS) is 33.3. The molecule has 0 aliphatic heterocycles. The minimum absolute atomic E-state index is 0.0138. The summed E-state index contributed by atoms with van der Waals surface area (Å²) in [6, 6.07) is 7.43. The molecule has 5 rings (SSSR count). The van der Waals surface area contributed by atoms with Crippen LogP contribution in [0.4, 0.5) is 0 Å². The number of carbonyl (C=O) groups excluding carboxylic acids is 2. The highest BCUT2D eigenvalue weighted by Crippen LogP contribution is 2.55. The topological polar surface area (TPSA) is 58.2 Å². The van der Waals surface area contributed by atoms with Gasteiger partial charge in [-0.25, -0.2) is 0 Å². The van der Waals surface area contributed by atoms with E-state index >= 15 is 0 Å². The lowest BCUT2D eigenvalue weighted by atomic mass is 9.53. The second-order valence-electron chi connectivity index (χ2n) is 8.30. The highest BCUT2D eigenvalue weighted by atomic mass is 16.2. The van der Waals surface area contributed by atoms with Crippen LogP contribution in [0, 0.1) is 24.7 Å². The molecule has 0 radical (unpaired) electrons. The van der Waals surface area contributed by atoms with E-state index in [4.69, 9.17) is 0 Å². The molecular weight excluding hydrogens is 300 g/mol. The molecule has 4 aliphatic carbocycles. The van der Waals surface area contributed by atoms with Gasteiger partial charge in [0.05, 0.1) is 6.54 Å². The van der Waals surface area contributed by atoms with Crippen LogP contribution in [-0.2, 0) is 4.79 Å². The second-order valence-corrected chi connectivity index (χ2v) is 8.30. The fourth-order valence-corrected chi connectivity index (χ4v) is 5.65. The molecule has 1 aromatic carbocycles. The Morgan fingerprint density at radius 3 is 2.29 bits per heavy atom. The van der Waals surface area contributed by atoms with E-state index in [0.717, 1.165) is 42.6 Å². The van der Waals surface area contributed by atoms with Gasteiger partial charge < -0.3 is 10.6 Å². The van der Waals surface area contributed by atoms with Crippen LogP contribution < -0.4 is 10.6 Å². The van der Waals surface area contributed by atoms with Crippen LogP contribution in [0.5, 0.6) is 0 Å². The third-order valence-corrected chi connectivity index (χ3v) is 6.13. The van der Waals surface area contributed by atoms with Crippen molar-refractivity contribution in [1.29, 1.82) is 0 Å². The zero-order chi connectivity index (χ0) is 16.7. The Bertz CT molecular complexity index is 632. The van der Waals surface area contributed by atoms with Crippen LogP contribution in [0.1, 0.15) is 54.4 Å². The first-order valence-corrected chi connectivity index (χ1v) is 9.17. The molecule has 1 aromatic rings. The first-order chi connectivity index (χ1) is 11.5. The summed E-state index contributed by atoms with van der Waals surface area (Å²) in [7, 11) is 0. The van der Waals surface area contributed by atoms with Crippen molar-refractivity contribution in [2.24, 2.45) is 17.8 Å². The van der Waals surface area contributed by atoms with E-state index in [2.05, 4.69) is 10.6 Å². The molecule has 128 valence electrons. The maximum atomic E-state index is 12.4. The largest absolute Gasteiger partial charge is 0.349 e. The monoisotopic (exact) mass is 326 g/mol. The summed E-state index contributed by atoms with van der Waals surface area (Å²) in [5, 5.41) is 6.05. The van der Waals surface area contributed by atoms with Gasteiger partial charge in [0.1, 0.15) is 0 Å². The van der Waals surface area contributed by atoms with Crippen molar-refractivity contribution in [3.63, 3.8) is 0 Å². The summed E-state index contributed by atoms with van der Waals surface area (Å²) >= 11 is 0. The van der Waals surface area contributed by atoms with Crippen molar-refractivity contribution >= 4 is 11.8 Å². The molecule has 0 heterocycles. The highest BCUT2D eigenvalue weighted by molar-refractivity contribution is 5.96. The number of amides is 2. The molecule has 2 amide bonds. The standard InChI is InChI=1S/C20H26N2O2/c1-13-3-2-4-17(5-13)19(24)21-12-18(23)22-20-9-14-6-15(10-20)8-16(7-14)11-20/h2-5,14-16H,6-12H2,1H3,(H,21,24)(H,22,23). The molecule has 4 saturated carbocycles. The molecule has 0 unspecified atom stereocenters. The number of hydrogen-bond acceptors (Lipinski definition) is 2. The maximum Gasteiger partial charge on any atom is 0.251 e. The average molecular weight is 326 g/mol. The fourth-order valence-electron chi connectivity index (χ4n) is 5.65. The Morgan fingerprint density at radius 1 is 1.08 bits per heavy atom. The van der Waals surface area contributed by atoms with E-state index in [0.29, 0.717) is 5.56 Å². The average Bonchev–Trinajstić information content (AvgIpc) is 2.50. The lowest BCUT2D eigenvalue weighted by Crippen LogP contribution is -2.61. The molecular formula is C20H26N2O2. The lowest BCUT2D eigenvalue weighted by molar-refractivity contribution is -0.125. The Balaban J connectivity index is 1.33. The number of hydrogen-bond donors (Lipinski definition) is 2. The van der Waals surface area contributed by atoms with Gasteiger partial charge in [-0.2, -0.15) is 0 Å².